The van der Waals surface area contributed by atoms with Gasteiger partial charge in [-0.25, -0.2) is 4.39 Å². The monoisotopic (exact) mass is 299 g/mol. The van der Waals surface area contributed by atoms with Gasteiger partial charge in [0, 0.05) is 6.04 Å². The van der Waals surface area contributed by atoms with Gasteiger partial charge in [-0.05, 0) is 58.8 Å². The lowest BCUT2D eigenvalue weighted by Gasteiger charge is -2.27. The summed E-state index contributed by atoms with van der Waals surface area (Å²) in [5.41, 5.74) is 7.38. The number of hydrogen-bond acceptors (Lipinski definition) is 1. The minimum absolute atomic E-state index is 0.208. The van der Waals surface area contributed by atoms with Crippen LogP contribution in [0.3, 0.4) is 0 Å². The molecule has 1 aromatic carbocycles. The third-order valence-corrected chi connectivity index (χ3v) is 4.32. The van der Waals surface area contributed by atoms with Crippen LogP contribution in [0.1, 0.15) is 37.7 Å². The molecule has 2 N–H and O–H groups in total. The molecule has 0 saturated heterocycles. The van der Waals surface area contributed by atoms with Gasteiger partial charge in [-0.3, -0.25) is 0 Å². The second-order valence-corrected chi connectivity index (χ2v) is 5.87. The molecule has 1 aliphatic carbocycles. The number of halogens is 2. The molecular weight excluding hydrogens is 281 g/mol. The largest absolute Gasteiger partial charge is 0.327 e. The van der Waals surface area contributed by atoms with Gasteiger partial charge in [0.15, 0.2) is 0 Å². The van der Waals surface area contributed by atoms with Gasteiger partial charge < -0.3 is 5.73 Å². The van der Waals surface area contributed by atoms with Crippen molar-refractivity contribution in [2.24, 2.45) is 11.7 Å². The standard InChI is InChI=1S/C14H19BrFN/c15-12-8-10(6-7-13(12)16)9-14(17)11-4-2-1-3-5-11/h6-8,11,14H,1-5,9,17H2. The molecule has 94 valence electrons. The van der Waals surface area contributed by atoms with Crippen LogP contribution in [-0.2, 0) is 6.42 Å². The van der Waals surface area contributed by atoms with E-state index in [9.17, 15) is 4.39 Å². The van der Waals surface area contributed by atoms with Gasteiger partial charge >= 0.3 is 0 Å². The summed E-state index contributed by atoms with van der Waals surface area (Å²) in [7, 11) is 0. The highest BCUT2D eigenvalue weighted by Gasteiger charge is 2.20. The maximum Gasteiger partial charge on any atom is 0.137 e. The van der Waals surface area contributed by atoms with Crippen LogP contribution in [0.2, 0.25) is 0 Å². The molecule has 0 bridgehead atoms. The molecule has 3 heteroatoms. The third kappa shape index (κ3) is 3.52. The first-order valence-corrected chi connectivity index (χ1v) is 7.15. The van der Waals surface area contributed by atoms with Crippen molar-refractivity contribution in [1.82, 2.24) is 0 Å². The molecule has 1 atom stereocenters. The molecule has 0 amide bonds. The van der Waals surface area contributed by atoms with Crippen LogP contribution in [0.15, 0.2) is 22.7 Å². The Hall–Kier alpha value is -0.410. The molecule has 1 saturated carbocycles. The molecule has 1 fully saturated rings. The highest BCUT2D eigenvalue weighted by Crippen LogP contribution is 2.27. The van der Waals surface area contributed by atoms with E-state index in [-0.39, 0.29) is 11.9 Å². The second kappa shape index (κ2) is 5.96. The Morgan fingerprint density at radius 2 is 2.00 bits per heavy atom. The molecule has 0 aliphatic heterocycles. The Kier molecular flexibility index (Phi) is 4.57. The molecule has 17 heavy (non-hydrogen) atoms. The summed E-state index contributed by atoms with van der Waals surface area (Å²) in [4.78, 5) is 0. The van der Waals surface area contributed by atoms with Crippen molar-refractivity contribution < 1.29 is 4.39 Å². The predicted molar refractivity (Wildman–Crippen MR) is 72.4 cm³/mol. The first kappa shape index (κ1) is 13.0. The van der Waals surface area contributed by atoms with E-state index >= 15 is 0 Å². The van der Waals surface area contributed by atoms with E-state index in [1.807, 2.05) is 12.1 Å². The van der Waals surface area contributed by atoms with Crippen LogP contribution in [0.4, 0.5) is 4.39 Å². The molecule has 0 spiro atoms. The molecule has 1 aromatic rings. The number of rotatable bonds is 3. The van der Waals surface area contributed by atoms with Crippen molar-refractivity contribution in [3.63, 3.8) is 0 Å². The zero-order chi connectivity index (χ0) is 12.3. The zero-order valence-electron chi connectivity index (χ0n) is 9.96. The maximum absolute atomic E-state index is 13.1. The normalized spacial score (nSPS) is 19.2. The topological polar surface area (TPSA) is 26.0 Å². The van der Waals surface area contributed by atoms with Crippen molar-refractivity contribution in [2.75, 3.05) is 0 Å². The molecule has 0 heterocycles. The van der Waals surface area contributed by atoms with E-state index in [0.717, 1.165) is 12.0 Å². The smallest absolute Gasteiger partial charge is 0.137 e. The van der Waals surface area contributed by atoms with Crippen molar-refractivity contribution in [1.29, 1.82) is 0 Å². The Morgan fingerprint density at radius 1 is 1.29 bits per heavy atom. The lowest BCUT2D eigenvalue weighted by molar-refractivity contribution is 0.303. The quantitative estimate of drug-likeness (QED) is 0.896. The van der Waals surface area contributed by atoms with Gasteiger partial charge in [-0.2, -0.15) is 0 Å². The van der Waals surface area contributed by atoms with Crippen LogP contribution in [0.5, 0.6) is 0 Å². The van der Waals surface area contributed by atoms with Gasteiger partial charge in [0.25, 0.3) is 0 Å². The summed E-state index contributed by atoms with van der Waals surface area (Å²) in [6.45, 7) is 0. The maximum atomic E-state index is 13.1. The van der Waals surface area contributed by atoms with E-state index in [1.54, 1.807) is 0 Å². The lowest BCUT2D eigenvalue weighted by Crippen LogP contribution is -2.33. The third-order valence-electron chi connectivity index (χ3n) is 3.71. The molecule has 2 rings (SSSR count). The summed E-state index contributed by atoms with van der Waals surface area (Å²) < 4.78 is 13.6. The minimum atomic E-state index is -0.208. The van der Waals surface area contributed by atoms with Crippen LogP contribution in [-0.4, -0.2) is 6.04 Å². The van der Waals surface area contributed by atoms with Gasteiger partial charge in [-0.15, -0.1) is 0 Å². The van der Waals surface area contributed by atoms with Crippen LogP contribution < -0.4 is 5.73 Å². The van der Waals surface area contributed by atoms with E-state index in [0.29, 0.717) is 10.4 Å². The Labute approximate surface area is 111 Å². The van der Waals surface area contributed by atoms with Gasteiger partial charge in [0.05, 0.1) is 4.47 Å². The van der Waals surface area contributed by atoms with Gasteiger partial charge in [0.1, 0.15) is 5.82 Å². The van der Waals surface area contributed by atoms with E-state index < -0.39 is 0 Å². The van der Waals surface area contributed by atoms with E-state index in [4.69, 9.17) is 5.73 Å². The molecule has 0 radical (unpaired) electrons. The van der Waals surface area contributed by atoms with Gasteiger partial charge in [-0.1, -0.05) is 25.3 Å². The van der Waals surface area contributed by atoms with Crippen LogP contribution in [0.25, 0.3) is 0 Å². The Balaban J connectivity index is 1.96. The van der Waals surface area contributed by atoms with Gasteiger partial charge in [0.2, 0.25) is 0 Å². The molecule has 0 aromatic heterocycles. The first-order chi connectivity index (χ1) is 8.16. The highest BCUT2D eigenvalue weighted by atomic mass is 79.9. The number of hydrogen-bond donors (Lipinski definition) is 1. The number of benzene rings is 1. The number of nitrogens with two attached hydrogens (primary N) is 1. The van der Waals surface area contributed by atoms with Crippen molar-refractivity contribution in [2.45, 2.75) is 44.6 Å². The van der Waals surface area contributed by atoms with E-state index in [2.05, 4.69) is 15.9 Å². The second-order valence-electron chi connectivity index (χ2n) is 5.01. The molecular formula is C14H19BrFN. The van der Waals surface area contributed by atoms with Crippen molar-refractivity contribution in [3.8, 4) is 0 Å². The van der Waals surface area contributed by atoms with Crippen LogP contribution >= 0.6 is 15.9 Å². The summed E-state index contributed by atoms with van der Waals surface area (Å²) >= 11 is 3.22. The summed E-state index contributed by atoms with van der Waals surface area (Å²) in [5.74, 6) is 0.438. The fourth-order valence-corrected chi connectivity index (χ4v) is 3.09. The molecule has 1 unspecified atom stereocenters. The van der Waals surface area contributed by atoms with Crippen molar-refractivity contribution >= 4 is 15.9 Å². The molecule has 1 aliphatic rings. The highest BCUT2D eigenvalue weighted by molar-refractivity contribution is 9.10. The lowest BCUT2D eigenvalue weighted by atomic mass is 9.82. The van der Waals surface area contributed by atoms with E-state index in [1.165, 1.54) is 38.2 Å². The fourth-order valence-electron chi connectivity index (χ4n) is 2.67. The molecule has 1 nitrogen and oxygen atoms in total. The Morgan fingerprint density at radius 3 is 2.65 bits per heavy atom. The summed E-state index contributed by atoms with van der Waals surface area (Å²) in [6, 6.07) is 5.40. The summed E-state index contributed by atoms with van der Waals surface area (Å²) in [5, 5.41) is 0. The van der Waals surface area contributed by atoms with Crippen molar-refractivity contribution in [3.05, 3.63) is 34.1 Å². The average Bonchev–Trinajstić information content (AvgIpc) is 2.35. The zero-order valence-corrected chi connectivity index (χ0v) is 11.5. The first-order valence-electron chi connectivity index (χ1n) is 6.36. The summed E-state index contributed by atoms with van der Waals surface area (Å²) in [6.07, 6.45) is 7.33. The average molecular weight is 300 g/mol. The minimum Gasteiger partial charge on any atom is -0.327 e. The SMILES string of the molecule is NC(Cc1ccc(F)c(Br)c1)C1CCCCC1. The predicted octanol–water partition coefficient (Wildman–Crippen LogP) is 4.04. The Bertz CT molecular complexity index is 374. The fraction of sp³-hybridized carbons (Fsp3) is 0.571. The van der Waals surface area contributed by atoms with Crippen LogP contribution in [0, 0.1) is 11.7 Å².